The molecule has 5 rings (SSSR count). The van der Waals surface area contributed by atoms with E-state index in [2.05, 4.69) is 37.6 Å². The lowest BCUT2D eigenvalue weighted by molar-refractivity contribution is 0.102. The zero-order chi connectivity index (χ0) is 23.1. The SMILES string of the molecule is COc1cc2c(N3CCNC(C)C3)ccc(C(=O)Nc3cc(F)c4nc(C)cn4c3)c2nn1. The van der Waals surface area contributed by atoms with E-state index >= 15 is 0 Å². The van der Waals surface area contributed by atoms with Crippen molar-refractivity contribution >= 4 is 33.8 Å². The van der Waals surface area contributed by atoms with Crippen LogP contribution in [0.15, 0.2) is 36.7 Å². The fraction of sp³-hybridized carbons (Fsp3) is 0.304. The van der Waals surface area contributed by atoms with Gasteiger partial charge in [0, 0.05) is 61.3 Å². The molecule has 0 spiro atoms. The van der Waals surface area contributed by atoms with Crippen molar-refractivity contribution in [3.8, 4) is 5.88 Å². The number of piperazine rings is 1. The van der Waals surface area contributed by atoms with Gasteiger partial charge in [-0.25, -0.2) is 9.37 Å². The van der Waals surface area contributed by atoms with E-state index in [0.717, 1.165) is 30.7 Å². The number of amides is 1. The molecule has 1 atom stereocenters. The minimum atomic E-state index is -0.515. The van der Waals surface area contributed by atoms with Gasteiger partial charge in [0.25, 0.3) is 5.91 Å². The molecule has 9 nitrogen and oxygen atoms in total. The van der Waals surface area contributed by atoms with Crippen molar-refractivity contribution in [1.82, 2.24) is 24.9 Å². The van der Waals surface area contributed by atoms with Crippen LogP contribution in [-0.2, 0) is 0 Å². The summed E-state index contributed by atoms with van der Waals surface area (Å²) < 4.78 is 21.3. The Morgan fingerprint density at radius 3 is 2.91 bits per heavy atom. The fourth-order valence-electron chi connectivity index (χ4n) is 4.26. The molecular formula is C23H24FN7O2. The smallest absolute Gasteiger partial charge is 0.257 e. The van der Waals surface area contributed by atoms with Crippen molar-refractivity contribution < 1.29 is 13.9 Å². The monoisotopic (exact) mass is 449 g/mol. The quantitative estimate of drug-likeness (QED) is 0.495. The number of rotatable bonds is 4. The molecule has 1 fully saturated rings. The highest BCUT2D eigenvalue weighted by Gasteiger charge is 2.22. The number of hydrogen-bond acceptors (Lipinski definition) is 7. The Labute approximate surface area is 189 Å². The van der Waals surface area contributed by atoms with Crippen LogP contribution in [-0.4, -0.2) is 58.3 Å². The molecule has 1 unspecified atom stereocenters. The fourth-order valence-corrected chi connectivity index (χ4v) is 4.26. The maximum Gasteiger partial charge on any atom is 0.257 e. The molecule has 4 heterocycles. The minimum Gasteiger partial charge on any atom is -0.480 e. The number of nitrogens with zero attached hydrogens (tertiary/aromatic N) is 5. The number of aryl methyl sites for hydroxylation is 1. The zero-order valence-electron chi connectivity index (χ0n) is 18.6. The first-order valence-electron chi connectivity index (χ1n) is 10.7. The molecule has 0 aliphatic carbocycles. The summed E-state index contributed by atoms with van der Waals surface area (Å²) in [4.78, 5) is 19.6. The van der Waals surface area contributed by atoms with Crippen molar-refractivity contribution in [1.29, 1.82) is 0 Å². The highest BCUT2D eigenvalue weighted by Crippen LogP contribution is 2.31. The number of carbonyl (C=O) groups is 1. The van der Waals surface area contributed by atoms with Gasteiger partial charge in [0.2, 0.25) is 5.88 Å². The number of anilines is 2. The van der Waals surface area contributed by atoms with Gasteiger partial charge in [-0.1, -0.05) is 0 Å². The molecule has 0 bridgehead atoms. The second-order valence-electron chi connectivity index (χ2n) is 8.23. The Morgan fingerprint density at radius 2 is 2.12 bits per heavy atom. The number of hydrogen-bond donors (Lipinski definition) is 2. The summed E-state index contributed by atoms with van der Waals surface area (Å²) in [5, 5.41) is 15.4. The topological polar surface area (TPSA) is 96.7 Å². The van der Waals surface area contributed by atoms with Gasteiger partial charge in [-0.05, 0) is 26.0 Å². The summed E-state index contributed by atoms with van der Waals surface area (Å²) in [5.74, 6) is -0.554. The second-order valence-corrected chi connectivity index (χ2v) is 8.23. The van der Waals surface area contributed by atoms with Crippen LogP contribution in [0.3, 0.4) is 0 Å². The van der Waals surface area contributed by atoms with E-state index in [9.17, 15) is 9.18 Å². The molecule has 1 amide bonds. The van der Waals surface area contributed by atoms with Crippen LogP contribution in [0.4, 0.5) is 15.8 Å². The molecule has 1 saturated heterocycles. The van der Waals surface area contributed by atoms with Gasteiger partial charge < -0.3 is 24.7 Å². The Kier molecular flexibility index (Phi) is 5.29. The number of pyridine rings is 1. The summed E-state index contributed by atoms with van der Waals surface area (Å²) in [6.07, 6.45) is 3.33. The number of carbonyl (C=O) groups excluding carboxylic acids is 1. The lowest BCUT2D eigenvalue weighted by Crippen LogP contribution is -2.49. The third kappa shape index (κ3) is 3.93. The number of ether oxygens (including phenoxy) is 1. The number of methoxy groups -OCH3 is 1. The zero-order valence-corrected chi connectivity index (χ0v) is 18.6. The maximum atomic E-state index is 14.5. The standard InChI is InChI=1S/C23H24FN7O2/c1-13-10-30(7-6-25-13)19-5-4-16(21-17(19)9-20(33-3)28-29-21)23(32)27-15-8-18(24)22-26-14(2)11-31(22)12-15/h4-5,8-9,11-13,25H,6-7,10H2,1-3H3,(H,27,32). The largest absolute Gasteiger partial charge is 0.480 e. The van der Waals surface area contributed by atoms with Gasteiger partial charge in [-0.3, -0.25) is 4.79 Å². The highest BCUT2D eigenvalue weighted by atomic mass is 19.1. The second kappa shape index (κ2) is 8.28. The molecule has 33 heavy (non-hydrogen) atoms. The average molecular weight is 449 g/mol. The Morgan fingerprint density at radius 1 is 1.27 bits per heavy atom. The van der Waals surface area contributed by atoms with E-state index in [0.29, 0.717) is 34.4 Å². The van der Waals surface area contributed by atoms with Gasteiger partial charge in [0.15, 0.2) is 11.5 Å². The molecule has 170 valence electrons. The third-order valence-electron chi connectivity index (χ3n) is 5.76. The molecule has 3 aromatic heterocycles. The first-order chi connectivity index (χ1) is 15.9. The molecule has 0 saturated carbocycles. The van der Waals surface area contributed by atoms with Crippen molar-refractivity contribution in [2.75, 3.05) is 37.0 Å². The van der Waals surface area contributed by atoms with Crippen molar-refractivity contribution in [3.05, 3.63) is 53.7 Å². The van der Waals surface area contributed by atoms with Crippen molar-refractivity contribution in [2.45, 2.75) is 19.9 Å². The van der Waals surface area contributed by atoms with E-state index in [1.165, 1.54) is 13.2 Å². The first kappa shape index (κ1) is 21.1. The van der Waals surface area contributed by atoms with Gasteiger partial charge in [-0.2, -0.15) is 0 Å². The number of imidazole rings is 1. The Balaban J connectivity index is 1.54. The molecule has 1 aromatic carbocycles. The number of halogens is 1. The van der Waals surface area contributed by atoms with Crippen LogP contribution in [0.5, 0.6) is 5.88 Å². The van der Waals surface area contributed by atoms with Crippen molar-refractivity contribution in [3.63, 3.8) is 0 Å². The Bertz CT molecular complexity index is 1370. The number of fused-ring (bicyclic) bond motifs is 2. The molecule has 10 heteroatoms. The molecule has 0 radical (unpaired) electrons. The number of benzene rings is 1. The summed E-state index contributed by atoms with van der Waals surface area (Å²) in [7, 11) is 1.53. The average Bonchev–Trinajstić information content (AvgIpc) is 3.18. The predicted molar refractivity (Wildman–Crippen MR) is 124 cm³/mol. The number of aromatic nitrogens is 4. The summed E-state index contributed by atoms with van der Waals surface area (Å²) in [6.45, 7) is 6.44. The van der Waals surface area contributed by atoms with Crippen LogP contribution in [0, 0.1) is 12.7 Å². The van der Waals surface area contributed by atoms with Gasteiger partial charge >= 0.3 is 0 Å². The summed E-state index contributed by atoms with van der Waals surface area (Å²) in [5.41, 5.74) is 2.97. The van der Waals surface area contributed by atoms with Crippen LogP contribution in [0.1, 0.15) is 23.0 Å². The highest BCUT2D eigenvalue weighted by molar-refractivity contribution is 6.13. The Hall–Kier alpha value is -3.79. The third-order valence-corrected chi connectivity index (χ3v) is 5.76. The van der Waals surface area contributed by atoms with Gasteiger partial charge in [0.05, 0.1) is 24.1 Å². The number of nitrogens with one attached hydrogen (secondary N) is 2. The normalized spacial score (nSPS) is 16.4. The van der Waals surface area contributed by atoms with Crippen LogP contribution >= 0.6 is 0 Å². The molecule has 4 aromatic rings. The lowest BCUT2D eigenvalue weighted by atomic mass is 10.1. The van der Waals surface area contributed by atoms with Crippen LogP contribution < -0.4 is 20.3 Å². The van der Waals surface area contributed by atoms with Crippen LogP contribution in [0.2, 0.25) is 0 Å². The van der Waals surface area contributed by atoms with E-state index < -0.39 is 11.7 Å². The summed E-state index contributed by atoms with van der Waals surface area (Å²) in [6, 6.07) is 7.04. The lowest BCUT2D eigenvalue weighted by Gasteiger charge is -2.34. The molecule has 1 aliphatic heterocycles. The van der Waals surface area contributed by atoms with Crippen LogP contribution in [0.25, 0.3) is 16.6 Å². The van der Waals surface area contributed by atoms with Gasteiger partial charge in [0.1, 0.15) is 5.52 Å². The maximum absolute atomic E-state index is 14.5. The predicted octanol–water partition coefficient (Wildman–Crippen LogP) is 2.78. The first-order valence-corrected chi connectivity index (χ1v) is 10.7. The van der Waals surface area contributed by atoms with E-state index in [1.807, 2.05) is 6.07 Å². The van der Waals surface area contributed by atoms with E-state index in [-0.39, 0.29) is 5.65 Å². The molecule has 1 aliphatic rings. The van der Waals surface area contributed by atoms with Gasteiger partial charge in [-0.15, -0.1) is 10.2 Å². The van der Waals surface area contributed by atoms with E-state index in [4.69, 9.17) is 4.74 Å². The molecule has 2 N–H and O–H groups in total. The molecular weight excluding hydrogens is 425 g/mol. The summed E-state index contributed by atoms with van der Waals surface area (Å²) >= 11 is 0. The minimum absolute atomic E-state index is 0.212. The van der Waals surface area contributed by atoms with E-state index in [1.54, 1.807) is 35.9 Å². The van der Waals surface area contributed by atoms with Crippen molar-refractivity contribution in [2.24, 2.45) is 0 Å².